The number of amides is 2. The van der Waals surface area contributed by atoms with Crippen LogP contribution in [-0.2, 0) is 9.53 Å². The van der Waals surface area contributed by atoms with Gasteiger partial charge in [0.2, 0.25) is 5.91 Å². The second kappa shape index (κ2) is 9.32. The first-order valence-corrected chi connectivity index (χ1v) is 9.35. The fourth-order valence-electron chi connectivity index (χ4n) is 3.28. The van der Waals surface area contributed by atoms with Crippen molar-refractivity contribution in [3.8, 4) is 0 Å². The molecule has 1 N–H and O–H groups in total. The van der Waals surface area contributed by atoms with Crippen LogP contribution in [0.4, 0.5) is 14.9 Å². The van der Waals surface area contributed by atoms with Gasteiger partial charge in [0.1, 0.15) is 11.9 Å². The molecule has 2 aromatic rings. The number of rotatable bonds is 5. The molecule has 6 nitrogen and oxygen atoms in total. The molecule has 148 valence electrons. The topological polar surface area (TPSA) is 61.9 Å². The molecule has 28 heavy (non-hydrogen) atoms. The second-order valence-corrected chi connectivity index (χ2v) is 6.53. The molecule has 1 atom stereocenters. The Morgan fingerprint density at radius 3 is 2.29 bits per heavy atom. The number of anilines is 1. The Morgan fingerprint density at radius 2 is 1.68 bits per heavy atom. The van der Waals surface area contributed by atoms with Crippen LogP contribution in [0.5, 0.6) is 0 Å². The monoisotopic (exact) mass is 385 g/mol. The number of carbonyl (C=O) groups is 2. The average molecular weight is 385 g/mol. The van der Waals surface area contributed by atoms with Gasteiger partial charge < -0.3 is 15.0 Å². The molecule has 2 amide bonds. The van der Waals surface area contributed by atoms with Crippen LogP contribution in [0.25, 0.3) is 0 Å². The van der Waals surface area contributed by atoms with Crippen molar-refractivity contribution in [2.75, 3.05) is 38.1 Å². The van der Waals surface area contributed by atoms with E-state index in [1.165, 1.54) is 24.3 Å². The Morgan fingerprint density at radius 1 is 1.04 bits per heavy atom. The zero-order chi connectivity index (χ0) is 19.9. The average Bonchev–Trinajstić information content (AvgIpc) is 2.71. The summed E-state index contributed by atoms with van der Waals surface area (Å²) in [6.07, 6.45) is -0.325. The van der Waals surface area contributed by atoms with Crippen molar-refractivity contribution in [3.63, 3.8) is 0 Å². The SMILES string of the molecule is CCOC(=O)N1CCN(C(C(=O)Nc2ccc(F)cc2)c2ccccc2)CC1. The summed E-state index contributed by atoms with van der Waals surface area (Å²) in [4.78, 5) is 28.7. The number of nitrogens with one attached hydrogen (secondary N) is 1. The standard InChI is InChI=1S/C21H24FN3O3/c1-2-28-21(27)25-14-12-24(13-15-25)19(16-6-4-3-5-7-16)20(26)23-18-10-8-17(22)9-11-18/h3-11,19H,2,12-15H2,1H3,(H,23,26). The molecule has 1 fully saturated rings. The maximum atomic E-state index is 13.1. The summed E-state index contributed by atoms with van der Waals surface area (Å²) in [6.45, 7) is 4.20. The third-order valence-corrected chi connectivity index (χ3v) is 4.68. The Hall–Kier alpha value is -2.93. The molecule has 0 bridgehead atoms. The minimum atomic E-state index is -0.504. The van der Waals surface area contributed by atoms with Crippen LogP contribution in [0.1, 0.15) is 18.5 Å². The van der Waals surface area contributed by atoms with Gasteiger partial charge in [-0.25, -0.2) is 9.18 Å². The van der Waals surface area contributed by atoms with Crippen molar-refractivity contribution in [1.82, 2.24) is 9.80 Å². The van der Waals surface area contributed by atoms with E-state index < -0.39 is 6.04 Å². The molecule has 1 unspecified atom stereocenters. The summed E-state index contributed by atoms with van der Waals surface area (Å²) in [5.74, 6) is -0.546. The molecule has 2 aromatic carbocycles. The molecule has 1 saturated heterocycles. The van der Waals surface area contributed by atoms with Crippen molar-refractivity contribution >= 4 is 17.7 Å². The number of carbonyl (C=O) groups excluding carboxylic acids is 2. The van der Waals surface area contributed by atoms with E-state index in [1.807, 2.05) is 35.2 Å². The summed E-state index contributed by atoms with van der Waals surface area (Å²) in [7, 11) is 0. The molecule has 0 spiro atoms. The molecule has 3 rings (SSSR count). The highest BCUT2D eigenvalue weighted by atomic mass is 19.1. The number of ether oxygens (including phenoxy) is 1. The lowest BCUT2D eigenvalue weighted by atomic mass is 10.0. The molecule has 0 radical (unpaired) electrons. The van der Waals surface area contributed by atoms with E-state index in [4.69, 9.17) is 4.74 Å². The first-order valence-electron chi connectivity index (χ1n) is 9.35. The number of piperazine rings is 1. The van der Waals surface area contributed by atoms with E-state index in [9.17, 15) is 14.0 Å². The Kier molecular flexibility index (Phi) is 6.60. The molecule has 0 saturated carbocycles. The summed E-state index contributed by atoms with van der Waals surface area (Å²) in [5.41, 5.74) is 1.41. The van der Waals surface area contributed by atoms with Crippen LogP contribution in [-0.4, -0.2) is 54.6 Å². The Labute approximate surface area is 163 Å². The number of halogens is 1. The zero-order valence-electron chi connectivity index (χ0n) is 15.8. The van der Waals surface area contributed by atoms with Crippen LogP contribution < -0.4 is 5.32 Å². The Balaban J connectivity index is 1.74. The van der Waals surface area contributed by atoms with E-state index in [0.29, 0.717) is 38.5 Å². The second-order valence-electron chi connectivity index (χ2n) is 6.53. The molecular formula is C21H24FN3O3. The maximum absolute atomic E-state index is 13.1. The molecule has 7 heteroatoms. The van der Waals surface area contributed by atoms with Gasteiger partial charge in [-0.1, -0.05) is 30.3 Å². The van der Waals surface area contributed by atoms with Crippen LogP contribution in [0.2, 0.25) is 0 Å². The van der Waals surface area contributed by atoms with Crippen molar-refractivity contribution in [3.05, 3.63) is 66.0 Å². The van der Waals surface area contributed by atoms with Gasteiger partial charge in [-0.3, -0.25) is 9.69 Å². The minimum absolute atomic E-state index is 0.192. The van der Waals surface area contributed by atoms with Gasteiger partial charge in [0, 0.05) is 31.9 Å². The summed E-state index contributed by atoms with van der Waals surface area (Å²) < 4.78 is 18.2. The third kappa shape index (κ3) is 4.86. The first kappa shape index (κ1) is 19.8. The van der Waals surface area contributed by atoms with Crippen LogP contribution in [0.15, 0.2) is 54.6 Å². The van der Waals surface area contributed by atoms with Gasteiger partial charge in [-0.15, -0.1) is 0 Å². The van der Waals surface area contributed by atoms with Gasteiger partial charge in [-0.2, -0.15) is 0 Å². The lowest BCUT2D eigenvalue weighted by molar-refractivity contribution is -0.122. The van der Waals surface area contributed by atoms with Crippen molar-refractivity contribution in [2.45, 2.75) is 13.0 Å². The fraction of sp³-hybridized carbons (Fsp3) is 0.333. The van der Waals surface area contributed by atoms with Crippen LogP contribution in [0, 0.1) is 5.82 Å². The smallest absolute Gasteiger partial charge is 0.409 e. The van der Waals surface area contributed by atoms with E-state index in [0.717, 1.165) is 5.56 Å². The normalized spacial score (nSPS) is 15.7. The zero-order valence-corrected chi connectivity index (χ0v) is 15.8. The quantitative estimate of drug-likeness (QED) is 0.858. The van der Waals surface area contributed by atoms with Gasteiger partial charge in [0.25, 0.3) is 0 Å². The molecule has 0 aliphatic carbocycles. The lowest BCUT2D eigenvalue weighted by Gasteiger charge is -2.38. The number of nitrogens with zero attached hydrogens (tertiary/aromatic N) is 2. The molecule has 0 aromatic heterocycles. The number of hydrogen-bond donors (Lipinski definition) is 1. The largest absolute Gasteiger partial charge is 0.450 e. The van der Waals surface area contributed by atoms with E-state index in [1.54, 1.807) is 11.8 Å². The first-order chi connectivity index (χ1) is 13.6. The summed E-state index contributed by atoms with van der Waals surface area (Å²) in [6, 6.07) is 14.7. The van der Waals surface area contributed by atoms with Crippen molar-refractivity contribution in [2.24, 2.45) is 0 Å². The highest BCUT2D eigenvalue weighted by Gasteiger charge is 2.32. The number of benzene rings is 2. The predicted octanol–water partition coefficient (Wildman–Crippen LogP) is 3.28. The van der Waals surface area contributed by atoms with Crippen molar-refractivity contribution in [1.29, 1.82) is 0 Å². The predicted molar refractivity (Wildman–Crippen MR) is 104 cm³/mol. The fourth-order valence-corrected chi connectivity index (χ4v) is 3.28. The summed E-state index contributed by atoms with van der Waals surface area (Å²) >= 11 is 0. The maximum Gasteiger partial charge on any atom is 0.409 e. The number of hydrogen-bond acceptors (Lipinski definition) is 4. The van der Waals surface area contributed by atoms with E-state index >= 15 is 0 Å². The van der Waals surface area contributed by atoms with Gasteiger partial charge in [0.05, 0.1) is 6.61 Å². The molecule has 1 heterocycles. The minimum Gasteiger partial charge on any atom is -0.450 e. The highest BCUT2D eigenvalue weighted by molar-refractivity contribution is 5.95. The van der Waals surface area contributed by atoms with E-state index in [-0.39, 0.29) is 17.8 Å². The highest BCUT2D eigenvalue weighted by Crippen LogP contribution is 2.24. The van der Waals surface area contributed by atoms with Crippen LogP contribution >= 0.6 is 0 Å². The van der Waals surface area contributed by atoms with E-state index in [2.05, 4.69) is 5.32 Å². The van der Waals surface area contributed by atoms with Gasteiger partial charge in [-0.05, 0) is 36.8 Å². The Bertz CT molecular complexity index is 790. The van der Waals surface area contributed by atoms with Crippen molar-refractivity contribution < 1.29 is 18.7 Å². The molecule has 1 aliphatic heterocycles. The van der Waals surface area contributed by atoms with Gasteiger partial charge in [0.15, 0.2) is 0 Å². The summed E-state index contributed by atoms with van der Waals surface area (Å²) in [5, 5.41) is 2.87. The third-order valence-electron chi connectivity index (χ3n) is 4.68. The van der Waals surface area contributed by atoms with Gasteiger partial charge >= 0.3 is 6.09 Å². The lowest BCUT2D eigenvalue weighted by Crippen LogP contribution is -2.51. The van der Waals surface area contributed by atoms with Crippen LogP contribution in [0.3, 0.4) is 0 Å². The molecule has 1 aliphatic rings. The molecular weight excluding hydrogens is 361 g/mol.